The zero-order valence-electron chi connectivity index (χ0n) is 14.2. The first kappa shape index (κ1) is 17.4. The fourth-order valence-corrected chi connectivity index (χ4v) is 4.12. The normalized spacial score (nSPS) is 18.4. The minimum atomic E-state index is 0.0623. The van der Waals surface area contributed by atoms with Gasteiger partial charge in [0.25, 0.3) is 5.91 Å². The fourth-order valence-electron chi connectivity index (χ4n) is 3.11. The van der Waals surface area contributed by atoms with Crippen LogP contribution in [0.2, 0.25) is 4.34 Å². The maximum Gasteiger partial charge on any atom is 0.263 e. The molecule has 24 heavy (non-hydrogen) atoms. The number of amides is 1. The highest BCUT2D eigenvalue weighted by Gasteiger charge is 2.29. The number of hydrogen-bond donors (Lipinski definition) is 0. The van der Waals surface area contributed by atoms with Crippen molar-refractivity contribution in [1.29, 1.82) is 0 Å². The Morgan fingerprint density at radius 3 is 2.88 bits per heavy atom. The van der Waals surface area contributed by atoms with Gasteiger partial charge in [-0.25, -0.2) is 0 Å². The van der Waals surface area contributed by atoms with E-state index in [1.54, 1.807) is 12.1 Å². The smallest absolute Gasteiger partial charge is 0.263 e. The van der Waals surface area contributed by atoms with Crippen molar-refractivity contribution in [2.75, 3.05) is 27.2 Å². The second kappa shape index (κ2) is 7.21. The topological polar surface area (TPSA) is 54.3 Å². The van der Waals surface area contributed by atoms with Crippen molar-refractivity contribution >= 4 is 28.8 Å². The molecule has 2 aromatic rings. The number of thiophene rings is 1. The van der Waals surface area contributed by atoms with E-state index in [9.17, 15) is 4.79 Å². The predicted octanol–water partition coefficient (Wildman–Crippen LogP) is 2.61. The van der Waals surface area contributed by atoms with Gasteiger partial charge in [-0.3, -0.25) is 4.79 Å². The first-order chi connectivity index (χ1) is 11.5. The fraction of sp³-hybridized carbons (Fsp3) is 0.562. The Bertz CT molecular complexity index is 726. The van der Waals surface area contributed by atoms with E-state index < -0.39 is 0 Å². The van der Waals surface area contributed by atoms with Gasteiger partial charge in [-0.05, 0) is 39.1 Å². The van der Waals surface area contributed by atoms with Gasteiger partial charge in [0.15, 0.2) is 0 Å². The minimum absolute atomic E-state index is 0.0623. The molecule has 0 saturated carbocycles. The summed E-state index contributed by atoms with van der Waals surface area (Å²) >= 11 is 7.29. The highest BCUT2D eigenvalue weighted by Crippen LogP contribution is 2.29. The van der Waals surface area contributed by atoms with Crippen molar-refractivity contribution in [1.82, 2.24) is 24.6 Å². The van der Waals surface area contributed by atoms with Gasteiger partial charge in [-0.1, -0.05) is 11.6 Å². The first-order valence-corrected chi connectivity index (χ1v) is 9.22. The molecule has 1 aliphatic rings. The van der Waals surface area contributed by atoms with Crippen molar-refractivity contribution in [2.24, 2.45) is 7.05 Å². The Morgan fingerprint density at radius 2 is 2.21 bits per heavy atom. The summed E-state index contributed by atoms with van der Waals surface area (Å²) in [5.41, 5.74) is 0. The number of rotatable bonds is 4. The van der Waals surface area contributed by atoms with Gasteiger partial charge in [-0.15, -0.1) is 21.5 Å². The lowest BCUT2D eigenvalue weighted by molar-refractivity contribution is 0.0708. The molecule has 0 aliphatic carbocycles. The number of piperidine rings is 1. The third-order valence-corrected chi connectivity index (χ3v) is 5.53. The molecule has 1 saturated heterocycles. The van der Waals surface area contributed by atoms with Gasteiger partial charge in [-0.2, -0.15) is 0 Å². The van der Waals surface area contributed by atoms with Crippen molar-refractivity contribution in [3.8, 4) is 0 Å². The van der Waals surface area contributed by atoms with Crippen molar-refractivity contribution < 1.29 is 4.79 Å². The van der Waals surface area contributed by atoms with Crippen LogP contribution >= 0.6 is 22.9 Å². The molecule has 0 spiro atoms. The zero-order chi connectivity index (χ0) is 17.3. The predicted molar refractivity (Wildman–Crippen MR) is 95.6 cm³/mol. The molecule has 2 aromatic heterocycles. The van der Waals surface area contributed by atoms with E-state index in [2.05, 4.69) is 19.7 Å². The Hall–Kier alpha value is -1.44. The minimum Gasteiger partial charge on any atom is -0.337 e. The van der Waals surface area contributed by atoms with Crippen LogP contribution in [-0.2, 0) is 13.6 Å². The number of hydrogen-bond acceptors (Lipinski definition) is 5. The van der Waals surface area contributed by atoms with E-state index >= 15 is 0 Å². The van der Waals surface area contributed by atoms with Crippen LogP contribution in [0.15, 0.2) is 12.1 Å². The highest BCUT2D eigenvalue weighted by molar-refractivity contribution is 7.17. The largest absolute Gasteiger partial charge is 0.337 e. The van der Waals surface area contributed by atoms with E-state index in [-0.39, 0.29) is 11.8 Å². The number of carbonyl (C=O) groups is 1. The molecule has 0 radical (unpaired) electrons. The van der Waals surface area contributed by atoms with E-state index in [1.165, 1.54) is 11.3 Å². The molecule has 1 aliphatic heterocycles. The second-order valence-corrected chi connectivity index (χ2v) is 8.18. The molecule has 0 bridgehead atoms. The van der Waals surface area contributed by atoms with Crippen LogP contribution in [0, 0.1) is 0 Å². The molecular formula is C16H22ClN5OS. The molecule has 0 N–H and O–H groups in total. The summed E-state index contributed by atoms with van der Waals surface area (Å²) in [5, 5.41) is 8.71. The number of likely N-dealkylation sites (tertiary alicyclic amines) is 1. The molecule has 130 valence electrons. The molecule has 0 aromatic carbocycles. The zero-order valence-corrected chi connectivity index (χ0v) is 15.8. The summed E-state index contributed by atoms with van der Waals surface area (Å²) in [5.74, 6) is 2.20. The summed E-state index contributed by atoms with van der Waals surface area (Å²) < 4.78 is 2.72. The quantitative estimate of drug-likeness (QED) is 0.833. The summed E-state index contributed by atoms with van der Waals surface area (Å²) in [6.07, 6.45) is 2.01. The maximum atomic E-state index is 12.7. The third kappa shape index (κ3) is 3.63. The molecule has 1 atom stereocenters. The van der Waals surface area contributed by atoms with E-state index in [1.807, 2.05) is 26.0 Å². The van der Waals surface area contributed by atoms with Gasteiger partial charge in [0.05, 0.1) is 15.8 Å². The van der Waals surface area contributed by atoms with E-state index in [0.717, 1.165) is 37.6 Å². The SMILES string of the molecule is CN(C)Cc1nnc([C@H]2CCCN(C(=O)c3ccc(Cl)s3)C2)n1C. The lowest BCUT2D eigenvalue weighted by atomic mass is 9.97. The Labute approximate surface area is 151 Å². The highest BCUT2D eigenvalue weighted by atomic mass is 35.5. The third-order valence-electron chi connectivity index (χ3n) is 4.31. The van der Waals surface area contributed by atoms with Gasteiger partial charge >= 0.3 is 0 Å². The van der Waals surface area contributed by atoms with Crippen LogP contribution in [0.5, 0.6) is 0 Å². The van der Waals surface area contributed by atoms with Crippen molar-refractivity contribution in [3.63, 3.8) is 0 Å². The molecule has 3 rings (SSSR count). The molecule has 1 amide bonds. The summed E-state index contributed by atoms with van der Waals surface area (Å²) in [4.78, 5) is 17.3. The Balaban J connectivity index is 1.74. The number of aromatic nitrogens is 3. The van der Waals surface area contributed by atoms with Gasteiger partial charge in [0.1, 0.15) is 11.6 Å². The van der Waals surface area contributed by atoms with Crippen molar-refractivity contribution in [2.45, 2.75) is 25.3 Å². The van der Waals surface area contributed by atoms with Gasteiger partial charge < -0.3 is 14.4 Å². The van der Waals surface area contributed by atoms with Crippen LogP contribution in [0.25, 0.3) is 0 Å². The number of halogens is 1. The Morgan fingerprint density at radius 1 is 1.42 bits per heavy atom. The summed E-state index contributed by atoms with van der Waals surface area (Å²) in [7, 11) is 6.04. The van der Waals surface area contributed by atoms with Gasteiger partial charge in [0, 0.05) is 26.1 Å². The molecule has 0 unspecified atom stereocenters. The van der Waals surface area contributed by atoms with Crippen LogP contribution in [0.4, 0.5) is 0 Å². The molecule has 8 heteroatoms. The standard InChI is InChI=1S/C16H22ClN5OS/c1-20(2)10-14-18-19-15(21(14)3)11-5-4-8-22(9-11)16(23)12-6-7-13(17)24-12/h6-7,11H,4-5,8-10H2,1-3H3/t11-/m0/s1. The van der Waals surface area contributed by atoms with Crippen LogP contribution < -0.4 is 0 Å². The summed E-state index contributed by atoms with van der Waals surface area (Å²) in [6.45, 7) is 2.22. The summed E-state index contributed by atoms with van der Waals surface area (Å²) in [6, 6.07) is 3.58. The van der Waals surface area contributed by atoms with Gasteiger partial charge in [0.2, 0.25) is 0 Å². The van der Waals surface area contributed by atoms with Crippen LogP contribution in [0.3, 0.4) is 0 Å². The van der Waals surface area contributed by atoms with Crippen LogP contribution in [0.1, 0.15) is 40.1 Å². The second-order valence-electron chi connectivity index (χ2n) is 6.47. The van der Waals surface area contributed by atoms with E-state index in [0.29, 0.717) is 15.8 Å². The average molecular weight is 368 g/mol. The molecule has 6 nitrogen and oxygen atoms in total. The van der Waals surface area contributed by atoms with E-state index in [4.69, 9.17) is 11.6 Å². The molecule has 3 heterocycles. The molecular weight excluding hydrogens is 346 g/mol. The van der Waals surface area contributed by atoms with Crippen LogP contribution in [-0.4, -0.2) is 57.7 Å². The lowest BCUT2D eigenvalue weighted by Crippen LogP contribution is -2.39. The Kier molecular flexibility index (Phi) is 5.22. The maximum absolute atomic E-state index is 12.7. The molecule has 1 fully saturated rings. The average Bonchev–Trinajstić information content (AvgIpc) is 3.13. The lowest BCUT2D eigenvalue weighted by Gasteiger charge is -2.32. The first-order valence-electron chi connectivity index (χ1n) is 8.03. The number of carbonyl (C=O) groups excluding carboxylic acids is 1. The monoisotopic (exact) mass is 367 g/mol. The van der Waals surface area contributed by atoms with Crippen molar-refractivity contribution in [3.05, 3.63) is 33.0 Å². The number of nitrogens with zero attached hydrogens (tertiary/aromatic N) is 5.